The molecule has 0 aliphatic rings. The maximum atomic E-state index is 5.74. The van der Waals surface area contributed by atoms with E-state index in [9.17, 15) is 0 Å². The first-order chi connectivity index (χ1) is 7.67. The van der Waals surface area contributed by atoms with Crippen LogP contribution in [0, 0.1) is 0 Å². The summed E-state index contributed by atoms with van der Waals surface area (Å²) in [5.74, 6) is 0.725. The number of benzene rings is 1. The zero-order valence-electron chi connectivity index (χ0n) is 10.1. The topological polar surface area (TPSA) is 47.3 Å². The van der Waals surface area contributed by atoms with Crippen LogP contribution in [0.15, 0.2) is 18.2 Å². The SMILES string of the molecule is COc1cc(NCCC(C)SC)ccc1N. The van der Waals surface area contributed by atoms with E-state index in [-0.39, 0.29) is 0 Å². The summed E-state index contributed by atoms with van der Waals surface area (Å²) in [5, 5.41) is 4.05. The molecule has 0 spiro atoms. The molecule has 1 rings (SSSR count). The third-order valence-electron chi connectivity index (χ3n) is 2.52. The summed E-state index contributed by atoms with van der Waals surface area (Å²) in [4.78, 5) is 0. The van der Waals surface area contributed by atoms with Crippen molar-refractivity contribution in [2.45, 2.75) is 18.6 Å². The minimum Gasteiger partial charge on any atom is -0.495 e. The van der Waals surface area contributed by atoms with Crippen molar-refractivity contribution < 1.29 is 4.74 Å². The third-order valence-corrected chi connectivity index (χ3v) is 3.56. The molecule has 0 heterocycles. The summed E-state index contributed by atoms with van der Waals surface area (Å²) in [6.45, 7) is 3.20. The minimum atomic E-state index is 0.672. The first-order valence-corrected chi connectivity index (χ1v) is 6.66. The fourth-order valence-electron chi connectivity index (χ4n) is 1.36. The summed E-state index contributed by atoms with van der Waals surface area (Å²) < 4.78 is 5.17. The van der Waals surface area contributed by atoms with Gasteiger partial charge in [-0.3, -0.25) is 0 Å². The Labute approximate surface area is 102 Å². The van der Waals surface area contributed by atoms with Gasteiger partial charge in [-0.2, -0.15) is 11.8 Å². The smallest absolute Gasteiger partial charge is 0.143 e. The molecular formula is C12H20N2OS. The molecule has 0 aliphatic carbocycles. The van der Waals surface area contributed by atoms with Gasteiger partial charge in [-0.1, -0.05) is 6.92 Å². The fraction of sp³-hybridized carbons (Fsp3) is 0.500. The molecular weight excluding hydrogens is 220 g/mol. The average molecular weight is 240 g/mol. The molecule has 1 unspecified atom stereocenters. The van der Waals surface area contributed by atoms with E-state index in [4.69, 9.17) is 10.5 Å². The third kappa shape index (κ3) is 3.85. The van der Waals surface area contributed by atoms with Gasteiger partial charge in [0.15, 0.2) is 0 Å². The minimum absolute atomic E-state index is 0.672. The van der Waals surface area contributed by atoms with Crippen LogP contribution >= 0.6 is 11.8 Å². The molecule has 1 atom stereocenters. The van der Waals surface area contributed by atoms with Crippen molar-refractivity contribution in [2.75, 3.05) is 31.0 Å². The first kappa shape index (κ1) is 13.0. The Hall–Kier alpha value is -1.03. The van der Waals surface area contributed by atoms with E-state index in [0.29, 0.717) is 10.9 Å². The lowest BCUT2D eigenvalue weighted by Gasteiger charge is -2.12. The van der Waals surface area contributed by atoms with Crippen LogP contribution in [0.1, 0.15) is 13.3 Å². The van der Waals surface area contributed by atoms with Crippen LogP contribution in [0.5, 0.6) is 5.75 Å². The molecule has 4 heteroatoms. The molecule has 0 saturated heterocycles. The van der Waals surface area contributed by atoms with Gasteiger partial charge < -0.3 is 15.8 Å². The number of rotatable bonds is 6. The molecule has 16 heavy (non-hydrogen) atoms. The van der Waals surface area contributed by atoms with Crippen molar-refractivity contribution in [3.63, 3.8) is 0 Å². The van der Waals surface area contributed by atoms with Crippen molar-refractivity contribution in [2.24, 2.45) is 0 Å². The molecule has 1 aromatic carbocycles. The lowest BCUT2D eigenvalue weighted by Crippen LogP contribution is -2.07. The normalized spacial score (nSPS) is 12.2. The van der Waals surface area contributed by atoms with E-state index < -0.39 is 0 Å². The molecule has 0 aliphatic heterocycles. The number of thioether (sulfide) groups is 1. The average Bonchev–Trinajstić information content (AvgIpc) is 2.31. The summed E-state index contributed by atoms with van der Waals surface area (Å²) in [6.07, 6.45) is 3.28. The summed E-state index contributed by atoms with van der Waals surface area (Å²) in [7, 11) is 1.63. The Bertz CT molecular complexity index is 331. The van der Waals surface area contributed by atoms with Gasteiger partial charge >= 0.3 is 0 Å². The van der Waals surface area contributed by atoms with Crippen LogP contribution < -0.4 is 15.8 Å². The number of ether oxygens (including phenoxy) is 1. The molecule has 0 radical (unpaired) electrons. The van der Waals surface area contributed by atoms with E-state index in [2.05, 4.69) is 18.5 Å². The van der Waals surface area contributed by atoms with E-state index in [0.717, 1.165) is 24.4 Å². The van der Waals surface area contributed by atoms with E-state index in [1.54, 1.807) is 7.11 Å². The zero-order valence-corrected chi connectivity index (χ0v) is 10.9. The van der Waals surface area contributed by atoms with Crippen LogP contribution in [-0.2, 0) is 0 Å². The standard InChI is InChI=1S/C12H20N2OS/c1-9(16-3)6-7-14-10-4-5-11(13)12(8-10)15-2/h4-5,8-9,14H,6-7,13H2,1-3H3. The number of nitrogens with one attached hydrogen (secondary N) is 1. The Morgan fingerprint density at radius 3 is 2.88 bits per heavy atom. The summed E-state index contributed by atoms with van der Waals surface area (Å²) >= 11 is 1.89. The Kier molecular flexibility index (Phi) is 5.32. The lowest BCUT2D eigenvalue weighted by atomic mass is 10.2. The predicted molar refractivity (Wildman–Crippen MR) is 73.5 cm³/mol. The maximum Gasteiger partial charge on any atom is 0.143 e. The van der Waals surface area contributed by atoms with Gasteiger partial charge in [0.2, 0.25) is 0 Å². The highest BCUT2D eigenvalue weighted by molar-refractivity contribution is 7.99. The maximum absolute atomic E-state index is 5.74. The van der Waals surface area contributed by atoms with Crippen molar-refractivity contribution in [1.29, 1.82) is 0 Å². The van der Waals surface area contributed by atoms with E-state index in [1.165, 1.54) is 0 Å². The second-order valence-electron chi connectivity index (χ2n) is 3.72. The van der Waals surface area contributed by atoms with Gasteiger partial charge in [-0.15, -0.1) is 0 Å². The lowest BCUT2D eigenvalue weighted by molar-refractivity contribution is 0.417. The number of nitrogen functional groups attached to an aromatic ring is 1. The number of methoxy groups -OCH3 is 1. The van der Waals surface area contributed by atoms with Gasteiger partial charge in [0.1, 0.15) is 5.75 Å². The molecule has 0 saturated carbocycles. The first-order valence-electron chi connectivity index (χ1n) is 5.37. The van der Waals surface area contributed by atoms with Crippen molar-refractivity contribution in [3.8, 4) is 5.75 Å². The van der Waals surface area contributed by atoms with Crippen LogP contribution in [0.4, 0.5) is 11.4 Å². The highest BCUT2D eigenvalue weighted by atomic mass is 32.2. The van der Waals surface area contributed by atoms with Gasteiger partial charge in [-0.25, -0.2) is 0 Å². The Morgan fingerprint density at radius 1 is 1.50 bits per heavy atom. The van der Waals surface area contributed by atoms with E-state index >= 15 is 0 Å². The van der Waals surface area contributed by atoms with Gasteiger partial charge in [0.25, 0.3) is 0 Å². The molecule has 90 valence electrons. The summed E-state index contributed by atoms with van der Waals surface area (Å²) in [6, 6.07) is 5.76. The monoisotopic (exact) mass is 240 g/mol. The van der Waals surface area contributed by atoms with Crippen LogP contribution in [0.2, 0.25) is 0 Å². The van der Waals surface area contributed by atoms with Crippen LogP contribution in [-0.4, -0.2) is 25.2 Å². The summed E-state index contributed by atoms with van der Waals surface area (Å²) in [5.41, 5.74) is 7.47. The highest BCUT2D eigenvalue weighted by Gasteiger charge is 2.02. The largest absolute Gasteiger partial charge is 0.495 e. The highest BCUT2D eigenvalue weighted by Crippen LogP contribution is 2.25. The number of nitrogens with two attached hydrogens (primary N) is 1. The number of anilines is 2. The van der Waals surface area contributed by atoms with Gasteiger partial charge in [-0.05, 0) is 24.8 Å². The van der Waals surface area contributed by atoms with Crippen molar-refractivity contribution in [1.82, 2.24) is 0 Å². The van der Waals surface area contributed by atoms with Crippen molar-refractivity contribution in [3.05, 3.63) is 18.2 Å². The molecule has 0 amide bonds. The zero-order chi connectivity index (χ0) is 12.0. The van der Waals surface area contributed by atoms with Crippen molar-refractivity contribution >= 4 is 23.1 Å². The van der Waals surface area contributed by atoms with Gasteiger partial charge in [0.05, 0.1) is 12.8 Å². The van der Waals surface area contributed by atoms with E-state index in [1.807, 2.05) is 30.0 Å². The predicted octanol–water partition coefficient (Wildman–Crippen LogP) is 2.83. The molecule has 3 nitrogen and oxygen atoms in total. The second-order valence-corrected chi connectivity index (χ2v) is 4.99. The number of hydrogen-bond acceptors (Lipinski definition) is 4. The van der Waals surface area contributed by atoms with Gasteiger partial charge in [0, 0.05) is 23.5 Å². The van der Waals surface area contributed by atoms with Crippen LogP contribution in [0.25, 0.3) is 0 Å². The number of hydrogen-bond donors (Lipinski definition) is 2. The Balaban J connectivity index is 2.48. The van der Waals surface area contributed by atoms with Crippen LogP contribution in [0.3, 0.4) is 0 Å². The molecule has 3 N–H and O–H groups in total. The second kappa shape index (κ2) is 6.53. The molecule has 0 fully saturated rings. The molecule has 0 bridgehead atoms. The quantitative estimate of drug-likeness (QED) is 0.751. The fourth-order valence-corrected chi connectivity index (χ4v) is 1.71. The Morgan fingerprint density at radius 2 is 2.25 bits per heavy atom. The molecule has 1 aromatic rings. The molecule has 0 aromatic heterocycles.